The van der Waals surface area contributed by atoms with Gasteiger partial charge in [-0.15, -0.1) is 11.3 Å². The van der Waals surface area contributed by atoms with Crippen LogP contribution in [0, 0.1) is 6.92 Å². The minimum Gasteiger partial charge on any atom is -0.386 e. The van der Waals surface area contributed by atoms with Gasteiger partial charge in [0.05, 0.1) is 27.6 Å². The molecule has 0 fully saturated rings. The van der Waals surface area contributed by atoms with Crippen molar-refractivity contribution in [1.29, 1.82) is 0 Å². The Labute approximate surface area is 103 Å². The van der Waals surface area contributed by atoms with Crippen LogP contribution in [0.2, 0.25) is 5.02 Å². The van der Waals surface area contributed by atoms with E-state index >= 15 is 0 Å². The molecule has 2 aromatic rings. The summed E-state index contributed by atoms with van der Waals surface area (Å²) in [5.74, 6) is 0. The van der Waals surface area contributed by atoms with E-state index < -0.39 is 6.10 Å². The number of thiazole rings is 1. The van der Waals surface area contributed by atoms with E-state index in [4.69, 9.17) is 11.6 Å². The number of hydrogen-bond acceptors (Lipinski definition) is 4. The summed E-state index contributed by atoms with van der Waals surface area (Å²) in [6.07, 6.45) is -0.196. The first kappa shape index (κ1) is 11.6. The average Bonchev–Trinajstić information content (AvgIpc) is 2.83. The SMILES string of the molecule is Cc1nn(C)c(CC(O)c2cscn2)c1Cl. The van der Waals surface area contributed by atoms with Crippen LogP contribution in [0.5, 0.6) is 0 Å². The van der Waals surface area contributed by atoms with Gasteiger partial charge in [-0.2, -0.15) is 5.10 Å². The fourth-order valence-electron chi connectivity index (χ4n) is 1.58. The summed E-state index contributed by atoms with van der Waals surface area (Å²) < 4.78 is 1.70. The van der Waals surface area contributed by atoms with Crippen LogP contribution in [0.3, 0.4) is 0 Å². The summed E-state index contributed by atoms with van der Waals surface area (Å²) in [6, 6.07) is 0. The van der Waals surface area contributed by atoms with E-state index in [-0.39, 0.29) is 0 Å². The highest BCUT2D eigenvalue weighted by molar-refractivity contribution is 7.07. The highest BCUT2D eigenvalue weighted by Crippen LogP contribution is 2.25. The molecule has 2 heterocycles. The number of aryl methyl sites for hydroxylation is 2. The van der Waals surface area contributed by atoms with Crippen LogP contribution in [0.4, 0.5) is 0 Å². The van der Waals surface area contributed by atoms with Gasteiger partial charge in [0.1, 0.15) is 6.10 Å². The zero-order valence-corrected chi connectivity index (χ0v) is 10.6. The third-order valence-electron chi connectivity index (χ3n) is 2.44. The number of aliphatic hydroxyl groups is 1. The topological polar surface area (TPSA) is 50.9 Å². The monoisotopic (exact) mass is 257 g/mol. The molecule has 6 heteroatoms. The Bertz CT molecular complexity index is 480. The van der Waals surface area contributed by atoms with Gasteiger partial charge in [-0.3, -0.25) is 4.68 Å². The van der Waals surface area contributed by atoms with Gasteiger partial charge >= 0.3 is 0 Å². The summed E-state index contributed by atoms with van der Waals surface area (Å²) in [7, 11) is 1.82. The van der Waals surface area contributed by atoms with Crippen LogP contribution in [-0.4, -0.2) is 19.9 Å². The molecular weight excluding hydrogens is 246 g/mol. The largest absolute Gasteiger partial charge is 0.386 e. The maximum atomic E-state index is 9.97. The zero-order valence-electron chi connectivity index (χ0n) is 9.01. The minimum absolute atomic E-state index is 0.430. The fourth-order valence-corrected chi connectivity index (χ4v) is 2.41. The van der Waals surface area contributed by atoms with Crippen molar-refractivity contribution in [2.24, 2.45) is 7.05 Å². The van der Waals surface area contributed by atoms with Crippen molar-refractivity contribution in [3.8, 4) is 0 Å². The Morgan fingerprint density at radius 1 is 1.62 bits per heavy atom. The Balaban J connectivity index is 2.21. The van der Waals surface area contributed by atoms with Crippen LogP contribution in [-0.2, 0) is 13.5 Å². The van der Waals surface area contributed by atoms with Crippen LogP contribution >= 0.6 is 22.9 Å². The van der Waals surface area contributed by atoms with Crippen molar-refractivity contribution < 1.29 is 5.11 Å². The fraction of sp³-hybridized carbons (Fsp3) is 0.400. The normalized spacial score (nSPS) is 13.0. The number of aromatic nitrogens is 3. The number of nitrogens with zero attached hydrogens (tertiary/aromatic N) is 3. The van der Waals surface area contributed by atoms with E-state index in [0.29, 0.717) is 17.1 Å². The lowest BCUT2D eigenvalue weighted by atomic mass is 10.1. The molecule has 1 unspecified atom stereocenters. The van der Waals surface area contributed by atoms with Crippen molar-refractivity contribution in [3.63, 3.8) is 0 Å². The minimum atomic E-state index is -0.626. The van der Waals surface area contributed by atoms with E-state index in [1.807, 2.05) is 19.4 Å². The molecule has 16 heavy (non-hydrogen) atoms. The van der Waals surface area contributed by atoms with Crippen LogP contribution in [0.25, 0.3) is 0 Å². The predicted molar refractivity (Wildman–Crippen MR) is 63.7 cm³/mol. The van der Waals surface area contributed by atoms with Crippen molar-refractivity contribution in [1.82, 2.24) is 14.8 Å². The quantitative estimate of drug-likeness (QED) is 0.916. The molecule has 1 N–H and O–H groups in total. The van der Waals surface area contributed by atoms with Crippen molar-refractivity contribution >= 4 is 22.9 Å². The Morgan fingerprint density at radius 2 is 2.38 bits per heavy atom. The molecule has 2 aromatic heterocycles. The van der Waals surface area contributed by atoms with E-state index in [1.54, 1.807) is 10.2 Å². The Morgan fingerprint density at radius 3 is 2.88 bits per heavy atom. The standard InChI is InChI=1S/C10H12ClN3OS/c1-6-10(11)8(14(2)13-6)3-9(15)7-4-16-5-12-7/h4-5,9,15H,3H2,1-2H3. The summed E-state index contributed by atoms with van der Waals surface area (Å²) in [4.78, 5) is 4.07. The lowest BCUT2D eigenvalue weighted by Crippen LogP contribution is -2.07. The summed E-state index contributed by atoms with van der Waals surface area (Å²) in [6.45, 7) is 1.85. The average molecular weight is 258 g/mol. The Hall–Kier alpha value is -0.910. The predicted octanol–water partition coefficient (Wildman–Crippen LogP) is 2.11. The molecule has 0 aliphatic rings. The number of aliphatic hydroxyl groups excluding tert-OH is 1. The molecule has 0 aliphatic carbocycles. The van der Waals surface area contributed by atoms with Gasteiger partial charge in [0.25, 0.3) is 0 Å². The summed E-state index contributed by atoms with van der Waals surface area (Å²) in [5.41, 5.74) is 4.00. The van der Waals surface area contributed by atoms with Crippen molar-refractivity contribution in [2.45, 2.75) is 19.4 Å². The maximum absolute atomic E-state index is 9.97. The number of hydrogen-bond donors (Lipinski definition) is 1. The summed E-state index contributed by atoms with van der Waals surface area (Å²) in [5, 5.41) is 16.6. The molecule has 0 saturated carbocycles. The first-order valence-electron chi connectivity index (χ1n) is 4.83. The van der Waals surface area contributed by atoms with E-state index in [9.17, 15) is 5.11 Å². The van der Waals surface area contributed by atoms with Gasteiger partial charge < -0.3 is 5.11 Å². The van der Waals surface area contributed by atoms with Gasteiger partial charge in [-0.05, 0) is 6.92 Å². The molecule has 0 saturated heterocycles. The van der Waals surface area contributed by atoms with Crippen molar-refractivity contribution in [2.75, 3.05) is 0 Å². The molecule has 4 nitrogen and oxygen atoms in total. The molecule has 86 valence electrons. The number of halogens is 1. The van der Waals surface area contributed by atoms with E-state index in [1.165, 1.54) is 11.3 Å². The third kappa shape index (κ3) is 2.11. The molecule has 1 atom stereocenters. The lowest BCUT2D eigenvalue weighted by molar-refractivity contribution is 0.172. The van der Waals surface area contributed by atoms with Crippen molar-refractivity contribution in [3.05, 3.63) is 33.0 Å². The molecule has 0 aromatic carbocycles. The van der Waals surface area contributed by atoms with Gasteiger partial charge in [0, 0.05) is 18.8 Å². The molecule has 0 amide bonds. The Kier molecular flexibility index (Phi) is 3.28. The van der Waals surface area contributed by atoms with E-state index in [0.717, 1.165) is 11.4 Å². The zero-order chi connectivity index (χ0) is 11.7. The van der Waals surface area contributed by atoms with Crippen LogP contribution in [0.1, 0.15) is 23.2 Å². The maximum Gasteiger partial charge on any atom is 0.102 e. The molecule has 0 bridgehead atoms. The van der Waals surface area contributed by atoms with Crippen LogP contribution in [0.15, 0.2) is 10.9 Å². The molecular formula is C10H12ClN3OS. The first-order valence-corrected chi connectivity index (χ1v) is 6.15. The van der Waals surface area contributed by atoms with Gasteiger partial charge in [-0.1, -0.05) is 11.6 Å². The van der Waals surface area contributed by atoms with Gasteiger partial charge in [0.15, 0.2) is 0 Å². The van der Waals surface area contributed by atoms with E-state index in [2.05, 4.69) is 10.1 Å². The second-order valence-corrected chi connectivity index (χ2v) is 4.70. The summed E-state index contributed by atoms with van der Waals surface area (Å²) >= 11 is 7.57. The van der Waals surface area contributed by atoms with Gasteiger partial charge in [0.2, 0.25) is 0 Å². The highest BCUT2D eigenvalue weighted by atomic mass is 35.5. The number of rotatable bonds is 3. The molecule has 2 rings (SSSR count). The second-order valence-electron chi connectivity index (χ2n) is 3.60. The lowest BCUT2D eigenvalue weighted by Gasteiger charge is -2.08. The molecule has 0 aliphatic heterocycles. The van der Waals surface area contributed by atoms with Gasteiger partial charge in [-0.25, -0.2) is 4.98 Å². The highest BCUT2D eigenvalue weighted by Gasteiger charge is 2.17. The smallest absolute Gasteiger partial charge is 0.102 e. The van der Waals surface area contributed by atoms with Crippen LogP contribution < -0.4 is 0 Å². The third-order valence-corrected chi connectivity index (χ3v) is 3.54. The molecule has 0 radical (unpaired) electrons. The first-order chi connectivity index (χ1) is 7.59. The molecule has 0 spiro atoms. The second kappa shape index (κ2) is 4.53.